The van der Waals surface area contributed by atoms with Crippen LogP contribution in [0.2, 0.25) is 0 Å². The lowest BCUT2D eigenvalue weighted by molar-refractivity contribution is 0.0970. The number of methoxy groups -OCH3 is 1. The minimum atomic E-state index is -0.731. The van der Waals surface area contributed by atoms with Gasteiger partial charge < -0.3 is 13.9 Å². The van der Waals surface area contributed by atoms with Gasteiger partial charge >= 0.3 is 0 Å². The summed E-state index contributed by atoms with van der Waals surface area (Å²) in [5.74, 6) is 1.22. The standard InChI is InChI=1S/C29H28N2O5/c1-4-5-8-15-35-22-12-11-19(17-23(22)34-3)26-25-27(32)20-9-6-7-10-21(20)36-28(25)29(33)31(26)24-16-18(2)13-14-30-24/h6-7,9-14,16-17,26H,4-5,8,15H2,1-3H3/t26-/m1/s1. The molecule has 5 rings (SSSR count). The van der Waals surface area contributed by atoms with E-state index in [-0.39, 0.29) is 11.2 Å². The maximum atomic E-state index is 13.7. The summed E-state index contributed by atoms with van der Waals surface area (Å²) < 4.78 is 17.6. The van der Waals surface area contributed by atoms with Gasteiger partial charge in [0, 0.05) is 6.20 Å². The van der Waals surface area contributed by atoms with E-state index < -0.39 is 11.9 Å². The molecular weight excluding hydrogens is 456 g/mol. The zero-order valence-corrected chi connectivity index (χ0v) is 20.6. The zero-order chi connectivity index (χ0) is 25.2. The minimum Gasteiger partial charge on any atom is -0.493 e. The van der Waals surface area contributed by atoms with E-state index in [0.29, 0.717) is 46.0 Å². The lowest BCUT2D eigenvalue weighted by Crippen LogP contribution is -2.30. The van der Waals surface area contributed by atoms with Crippen molar-refractivity contribution in [2.45, 2.75) is 39.2 Å². The summed E-state index contributed by atoms with van der Waals surface area (Å²) in [5.41, 5.74) is 2.08. The second-order valence-electron chi connectivity index (χ2n) is 8.91. The van der Waals surface area contributed by atoms with E-state index in [9.17, 15) is 9.59 Å². The van der Waals surface area contributed by atoms with Crippen molar-refractivity contribution in [1.29, 1.82) is 0 Å². The molecule has 1 aliphatic heterocycles. The fourth-order valence-electron chi connectivity index (χ4n) is 4.63. The number of pyridine rings is 1. The average molecular weight is 485 g/mol. The molecule has 0 spiro atoms. The van der Waals surface area contributed by atoms with Crippen LogP contribution in [0.1, 0.15) is 59.5 Å². The van der Waals surface area contributed by atoms with Crippen molar-refractivity contribution in [3.8, 4) is 11.5 Å². The smallest absolute Gasteiger partial charge is 0.296 e. The van der Waals surface area contributed by atoms with Crippen LogP contribution in [-0.4, -0.2) is 24.6 Å². The van der Waals surface area contributed by atoms with Gasteiger partial charge in [0.15, 0.2) is 16.9 Å². The van der Waals surface area contributed by atoms with Crippen molar-refractivity contribution in [3.63, 3.8) is 0 Å². The predicted octanol–water partition coefficient (Wildman–Crippen LogP) is 5.82. The molecule has 4 aromatic rings. The lowest BCUT2D eigenvalue weighted by Gasteiger charge is -2.25. The van der Waals surface area contributed by atoms with Crippen LogP contribution in [-0.2, 0) is 0 Å². The third-order valence-electron chi connectivity index (χ3n) is 6.43. The third kappa shape index (κ3) is 4.11. The summed E-state index contributed by atoms with van der Waals surface area (Å²) in [6.45, 7) is 4.66. The van der Waals surface area contributed by atoms with Crippen LogP contribution >= 0.6 is 0 Å². The number of hydrogen-bond donors (Lipinski definition) is 0. The van der Waals surface area contributed by atoms with Crippen molar-refractivity contribution in [1.82, 2.24) is 4.98 Å². The summed E-state index contributed by atoms with van der Waals surface area (Å²) in [4.78, 5) is 33.4. The molecule has 0 fully saturated rings. The number of fused-ring (bicyclic) bond motifs is 2. The molecule has 0 radical (unpaired) electrons. The van der Waals surface area contributed by atoms with Crippen LogP contribution in [0.15, 0.2) is 70.0 Å². The molecule has 0 saturated heterocycles. The van der Waals surface area contributed by atoms with E-state index in [1.54, 1.807) is 37.6 Å². The van der Waals surface area contributed by atoms with Crippen LogP contribution in [0.3, 0.4) is 0 Å². The molecule has 1 aliphatic rings. The number of para-hydroxylation sites is 1. The van der Waals surface area contributed by atoms with Gasteiger partial charge in [-0.1, -0.05) is 38.0 Å². The number of rotatable bonds is 8. The number of aryl methyl sites for hydroxylation is 1. The molecule has 2 aromatic carbocycles. The number of hydrogen-bond acceptors (Lipinski definition) is 6. The Bertz CT molecular complexity index is 1490. The molecule has 0 aliphatic carbocycles. The molecule has 1 atom stereocenters. The van der Waals surface area contributed by atoms with E-state index in [2.05, 4.69) is 11.9 Å². The summed E-state index contributed by atoms with van der Waals surface area (Å²) in [6.07, 6.45) is 4.79. The van der Waals surface area contributed by atoms with Gasteiger partial charge in [-0.3, -0.25) is 14.5 Å². The number of aromatic nitrogens is 1. The molecule has 3 heterocycles. The van der Waals surface area contributed by atoms with Crippen LogP contribution in [0.25, 0.3) is 11.0 Å². The SMILES string of the molecule is CCCCCOc1ccc([C@@H]2c3c(oc4ccccc4c3=O)C(=O)N2c2cc(C)ccn2)cc1OC. The minimum absolute atomic E-state index is 0.0332. The molecule has 7 nitrogen and oxygen atoms in total. The van der Waals surface area contributed by atoms with Gasteiger partial charge in [0.25, 0.3) is 5.91 Å². The van der Waals surface area contributed by atoms with Gasteiger partial charge in [0.1, 0.15) is 11.4 Å². The molecule has 184 valence electrons. The van der Waals surface area contributed by atoms with Crippen LogP contribution in [0.4, 0.5) is 5.82 Å². The number of anilines is 1. The Morgan fingerprint density at radius 2 is 1.86 bits per heavy atom. The van der Waals surface area contributed by atoms with Gasteiger partial charge in [-0.25, -0.2) is 4.98 Å². The first-order valence-electron chi connectivity index (χ1n) is 12.2. The predicted molar refractivity (Wildman–Crippen MR) is 138 cm³/mol. The second kappa shape index (κ2) is 9.85. The summed E-state index contributed by atoms with van der Waals surface area (Å²) in [5, 5.41) is 0.427. The fourth-order valence-corrected chi connectivity index (χ4v) is 4.63. The quantitative estimate of drug-likeness (QED) is 0.293. The molecule has 36 heavy (non-hydrogen) atoms. The Hall–Kier alpha value is -4.13. The first-order valence-corrected chi connectivity index (χ1v) is 12.2. The molecule has 0 N–H and O–H groups in total. The van der Waals surface area contributed by atoms with E-state index in [1.165, 1.54) is 4.90 Å². The van der Waals surface area contributed by atoms with Gasteiger partial charge in [-0.15, -0.1) is 0 Å². The van der Waals surface area contributed by atoms with Crippen LogP contribution in [0.5, 0.6) is 11.5 Å². The largest absolute Gasteiger partial charge is 0.493 e. The van der Waals surface area contributed by atoms with Gasteiger partial charge in [0.05, 0.1) is 30.7 Å². The molecule has 0 saturated carbocycles. The molecule has 2 aromatic heterocycles. The number of nitrogens with zero attached hydrogens (tertiary/aromatic N) is 2. The Morgan fingerprint density at radius 1 is 1.03 bits per heavy atom. The van der Waals surface area contributed by atoms with Crippen molar-refractivity contribution < 1.29 is 18.7 Å². The van der Waals surface area contributed by atoms with Crippen molar-refractivity contribution in [3.05, 3.63) is 93.5 Å². The monoisotopic (exact) mass is 484 g/mol. The fraction of sp³-hybridized carbons (Fsp3) is 0.276. The average Bonchev–Trinajstić information content (AvgIpc) is 3.19. The summed E-state index contributed by atoms with van der Waals surface area (Å²) >= 11 is 0. The molecule has 7 heteroatoms. The number of benzene rings is 2. The highest BCUT2D eigenvalue weighted by molar-refractivity contribution is 6.10. The third-order valence-corrected chi connectivity index (χ3v) is 6.43. The number of carbonyl (C=O) groups is 1. The van der Waals surface area contributed by atoms with Crippen LogP contribution < -0.4 is 19.8 Å². The Labute approximate surface area is 209 Å². The maximum absolute atomic E-state index is 13.7. The van der Waals surface area contributed by atoms with Gasteiger partial charge in [-0.2, -0.15) is 0 Å². The number of amides is 1. The lowest BCUT2D eigenvalue weighted by atomic mass is 9.98. The highest BCUT2D eigenvalue weighted by atomic mass is 16.5. The van der Waals surface area contributed by atoms with E-state index in [4.69, 9.17) is 13.9 Å². The van der Waals surface area contributed by atoms with E-state index >= 15 is 0 Å². The first-order chi connectivity index (χ1) is 17.5. The number of carbonyl (C=O) groups excluding carboxylic acids is 1. The molecule has 0 bridgehead atoms. The van der Waals surface area contributed by atoms with Crippen molar-refractivity contribution in [2.24, 2.45) is 0 Å². The molecular formula is C29H28N2O5. The normalized spacial score (nSPS) is 14.8. The topological polar surface area (TPSA) is 81.9 Å². The van der Waals surface area contributed by atoms with Crippen LogP contribution in [0, 0.1) is 6.92 Å². The van der Waals surface area contributed by atoms with E-state index in [1.807, 2.05) is 37.3 Å². The Kier molecular flexibility index (Phi) is 6.46. The highest BCUT2D eigenvalue weighted by Gasteiger charge is 2.44. The first kappa shape index (κ1) is 23.6. The zero-order valence-electron chi connectivity index (χ0n) is 20.6. The summed E-state index contributed by atoms with van der Waals surface area (Å²) in [7, 11) is 1.58. The van der Waals surface area contributed by atoms with Gasteiger partial charge in [0.2, 0.25) is 5.76 Å². The van der Waals surface area contributed by atoms with Gasteiger partial charge in [-0.05, 0) is 60.9 Å². The Balaban J connectivity index is 1.66. The number of ether oxygens (including phenoxy) is 2. The maximum Gasteiger partial charge on any atom is 0.296 e. The molecule has 1 amide bonds. The van der Waals surface area contributed by atoms with Crippen molar-refractivity contribution >= 4 is 22.7 Å². The number of unbranched alkanes of at least 4 members (excludes halogenated alkanes) is 2. The van der Waals surface area contributed by atoms with E-state index in [0.717, 1.165) is 24.8 Å². The molecule has 0 unspecified atom stereocenters. The second-order valence-corrected chi connectivity index (χ2v) is 8.91. The highest BCUT2D eigenvalue weighted by Crippen LogP contribution is 2.42. The van der Waals surface area contributed by atoms with Crippen molar-refractivity contribution in [2.75, 3.05) is 18.6 Å². The summed E-state index contributed by atoms with van der Waals surface area (Å²) in [6, 6.07) is 15.4. The Morgan fingerprint density at radius 3 is 2.64 bits per heavy atom.